The summed E-state index contributed by atoms with van der Waals surface area (Å²) in [7, 11) is 3.50. The van der Waals surface area contributed by atoms with E-state index in [-0.39, 0.29) is 18.6 Å². The minimum atomic E-state index is -0.0122. The first kappa shape index (κ1) is 21.9. The molecule has 0 saturated carbocycles. The average Bonchev–Trinajstić information content (AvgIpc) is 3.17. The molecule has 0 radical (unpaired) electrons. The lowest BCUT2D eigenvalue weighted by molar-refractivity contribution is -0.127. The van der Waals surface area contributed by atoms with Crippen molar-refractivity contribution in [2.75, 3.05) is 66.6 Å². The highest BCUT2D eigenvalue weighted by atomic mass is 16.5. The predicted octanol–water partition coefficient (Wildman–Crippen LogP) is 0.146. The molecule has 2 rings (SSSR count). The van der Waals surface area contributed by atoms with Gasteiger partial charge in [0.2, 0.25) is 5.91 Å². The zero-order valence-corrected chi connectivity index (χ0v) is 17.4. The maximum Gasteiger partial charge on any atom is 0.243 e. The number of carbonyl (C=O) groups is 1. The van der Waals surface area contributed by atoms with Crippen molar-refractivity contribution in [3.8, 4) is 0 Å². The molecule has 0 bridgehead atoms. The summed E-state index contributed by atoms with van der Waals surface area (Å²) < 4.78 is 11.2. The van der Waals surface area contributed by atoms with Crippen molar-refractivity contribution in [1.29, 1.82) is 0 Å². The third-order valence-corrected chi connectivity index (χ3v) is 5.16. The van der Waals surface area contributed by atoms with Crippen molar-refractivity contribution in [3.63, 3.8) is 0 Å². The van der Waals surface area contributed by atoms with Gasteiger partial charge in [0.05, 0.1) is 19.3 Å². The number of guanidine groups is 1. The van der Waals surface area contributed by atoms with Gasteiger partial charge in [-0.1, -0.05) is 13.8 Å². The minimum absolute atomic E-state index is 0.0122. The van der Waals surface area contributed by atoms with Crippen LogP contribution in [0, 0.1) is 5.92 Å². The number of amides is 1. The van der Waals surface area contributed by atoms with Crippen LogP contribution in [0.25, 0.3) is 0 Å². The van der Waals surface area contributed by atoms with E-state index in [1.165, 1.54) is 0 Å². The summed E-state index contributed by atoms with van der Waals surface area (Å²) >= 11 is 0. The van der Waals surface area contributed by atoms with Crippen molar-refractivity contribution >= 4 is 11.9 Å². The maximum atomic E-state index is 11.9. The van der Waals surface area contributed by atoms with E-state index in [0.717, 1.165) is 52.3 Å². The fraction of sp³-hybridized carbons (Fsp3) is 0.895. The largest absolute Gasteiger partial charge is 0.379 e. The Morgan fingerprint density at radius 3 is 2.56 bits per heavy atom. The van der Waals surface area contributed by atoms with Crippen LogP contribution in [0.15, 0.2) is 4.99 Å². The molecule has 2 fully saturated rings. The predicted molar refractivity (Wildman–Crippen MR) is 107 cm³/mol. The number of aliphatic imine (C=N–C) groups is 1. The molecule has 0 aromatic heterocycles. The van der Waals surface area contributed by atoms with Gasteiger partial charge in [-0.2, -0.15) is 0 Å². The van der Waals surface area contributed by atoms with Crippen molar-refractivity contribution in [3.05, 3.63) is 0 Å². The summed E-state index contributed by atoms with van der Waals surface area (Å²) in [5.74, 6) is 1.18. The van der Waals surface area contributed by atoms with E-state index in [1.807, 2.05) is 0 Å². The normalized spacial score (nSPS) is 22.7. The van der Waals surface area contributed by atoms with Crippen molar-refractivity contribution in [1.82, 2.24) is 20.4 Å². The lowest BCUT2D eigenvalue weighted by Gasteiger charge is -2.37. The first-order valence-electron chi connectivity index (χ1n) is 10.1. The minimum Gasteiger partial charge on any atom is -0.379 e. The van der Waals surface area contributed by atoms with Crippen LogP contribution in [0.2, 0.25) is 0 Å². The van der Waals surface area contributed by atoms with E-state index in [9.17, 15) is 4.79 Å². The summed E-state index contributed by atoms with van der Waals surface area (Å²) in [5.41, 5.74) is 0. The standard InChI is InChI=1S/C19H37N5O3/c1-15(2)17(24-7-10-26-11-8-24)13-21-19(22-14-18(25)23(3)4)20-12-16-6-5-9-27-16/h15-17H,5-14H2,1-4H3,(H2,20,21,22). The van der Waals surface area contributed by atoms with Crippen LogP contribution in [-0.4, -0.2) is 100 Å². The summed E-state index contributed by atoms with van der Waals surface area (Å²) in [6, 6.07) is 0.396. The summed E-state index contributed by atoms with van der Waals surface area (Å²) in [6.07, 6.45) is 2.40. The molecule has 0 aromatic carbocycles. The number of rotatable bonds is 8. The number of hydrogen-bond donors (Lipinski definition) is 2. The van der Waals surface area contributed by atoms with E-state index in [2.05, 4.69) is 34.4 Å². The van der Waals surface area contributed by atoms with Crippen LogP contribution < -0.4 is 10.6 Å². The molecule has 8 nitrogen and oxygen atoms in total. The smallest absolute Gasteiger partial charge is 0.243 e. The van der Waals surface area contributed by atoms with Gasteiger partial charge >= 0.3 is 0 Å². The SMILES string of the molecule is CC(C)C(CNC(=NCC(=O)N(C)C)NCC1CCCO1)N1CCOCC1. The molecule has 8 heteroatoms. The highest BCUT2D eigenvalue weighted by molar-refractivity contribution is 5.84. The first-order valence-corrected chi connectivity index (χ1v) is 10.1. The Kier molecular flexibility index (Phi) is 9.30. The van der Waals surface area contributed by atoms with Gasteiger partial charge in [0.15, 0.2) is 5.96 Å². The van der Waals surface area contributed by atoms with Crippen molar-refractivity contribution < 1.29 is 14.3 Å². The van der Waals surface area contributed by atoms with Crippen molar-refractivity contribution in [2.45, 2.75) is 38.8 Å². The number of hydrogen-bond acceptors (Lipinski definition) is 5. The number of morpholine rings is 1. The number of likely N-dealkylation sites (N-methyl/N-ethyl adjacent to an activating group) is 1. The third kappa shape index (κ3) is 7.63. The zero-order valence-electron chi connectivity index (χ0n) is 17.4. The second-order valence-corrected chi connectivity index (χ2v) is 7.81. The molecular formula is C19H37N5O3. The summed E-state index contributed by atoms with van der Waals surface area (Å²) in [5, 5.41) is 6.80. The molecule has 0 spiro atoms. The molecule has 156 valence electrons. The zero-order chi connectivity index (χ0) is 19.6. The number of carbonyl (C=O) groups excluding carboxylic acids is 1. The highest BCUT2D eigenvalue weighted by Crippen LogP contribution is 2.12. The molecule has 0 aliphatic carbocycles. The number of nitrogens with one attached hydrogen (secondary N) is 2. The van der Waals surface area contributed by atoms with Gasteiger partial charge in [0.25, 0.3) is 0 Å². The van der Waals surface area contributed by atoms with E-state index >= 15 is 0 Å². The molecule has 1 amide bonds. The molecule has 27 heavy (non-hydrogen) atoms. The topological polar surface area (TPSA) is 78.4 Å². The third-order valence-electron chi connectivity index (χ3n) is 5.16. The molecule has 2 N–H and O–H groups in total. The van der Waals surface area contributed by atoms with E-state index in [4.69, 9.17) is 9.47 Å². The lowest BCUT2D eigenvalue weighted by Crippen LogP contribution is -2.53. The lowest BCUT2D eigenvalue weighted by atomic mass is 10.0. The summed E-state index contributed by atoms with van der Waals surface area (Å²) in [4.78, 5) is 20.4. The fourth-order valence-electron chi connectivity index (χ4n) is 3.38. The average molecular weight is 384 g/mol. The first-order chi connectivity index (χ1) is 13.0. The molecule has 0 aromatic rings. The van der Waals surface area contributed by atoms with Crippen LogP contribution in [0.4, 0.5) is 0 Å². The van der Waals surface area contributed by atoms with E-state index in [1.54, 1.807) is 19.0 Å². The number of ether oxygens (including phenoxy) is 2. The molecule has 2 saturated heterocycles. The van der Waals surface area contributed by atoms with Crippen LogP contribution >= 0.6 is 0 Å². The van der Waals surface area contributed by atoms with E-state index < -0.39 is 0 Å². The van der Waals surface area contributed by atoms with Crippen LogP contribution in [0.5, 0.6) is 0 Å². The van der Waals surface area contributed by atoms with Gasteiger partial charge in [-0.15, -0.1) is 0 Å². The van der Waals surface area contributed by atoms with Crippen LogP contribution in [0.1, 0.15) is 26.7 Å². The second-order valence-electron chi connectivity index (χ2n) is 7.81. The van der Waals surface area contributed by atoms with Gasteiger partial charge in [0, 0.05) is 52.9 Å². The van der Waals surface area contributed by atoms with Gasteiger partial charge in [-0.3, -0.25) is 9.69 Å². The Morgan fingerprint density at radius 1 is 1.22 bits per heavy atom. The van der Waals surface area contributed by atoms with E-state index in [0.29, 0.717) is 24.5 Å². The highest BCUT2D eigenvalue weighted by Gasteiger charge is 2.24. The van der Waals surface area contributed by atoms with Gasteiger partial charge in [-0.25, -0.2) is 4.99 Å². The molecule has 2 heterocycles. The van der Waals surface area contributed by atoms with Crippen LogP contribution in [0.3, 0.4) is 0 Å². The van der Waals surface area contributed by atoms with Gasteiger partial charge in [0.1, 0.15) is 6.54 Å². The monoisotopic (exact) mass is 383 g/mol. The molecule has 2 aliphatic rings. The molecule has 2 aliphatic heterocycles. The Morgan fingerprint density at radius 2 is 1.96 bits per heavy atom. The van der Waals surface area contributed by atoms with Crippen LogP contribution in [-0.2, 0) is 14.3 Å². The summed E-state index contributed by atoms with van der Waals surface area (Å²) in [6.45, 7) is 10.4. The Hall–Kier alpha value is -1.38. The maximum absolute atomic E-state index is 11.9. The fourth-order valence-corrected chi connectivity index (χ4v) is 3.38. The van der Waals surface area contributed by atoms with Gasteiger partial charge in [-0.05, 0) is 18.8 Å². The molecule has 2 atom stereocenters. The molecule has 2 unspecified atom stereocenters. The number of nitrogens with zero attached hydrogens (tertiary/aromatic N) is 3. The molecular weight excluding hydrogens is 346 g/mol. The van der Waals surface area contributed by atoms with Crippen molar-refractivity contribution in [2.24, 2.45) is 10.9 Å². The Balaban J connectivity index is 1.92. The van der Waals surface area contributed by atoms with Gasteiger partial charge < -0.3 is 25.0 Å². The Labute approximate surface area is 163 Å². The quantitative estimate of drug-likeness (QED) is 0.459. The second kappa shape index (κ2) is 11.5. The Bertz CT molecular complexity index is 472.